The van der Waals surface area contributed by atoms with Crippen molar-refractivity contribution in [3.63, 3.8) is 0 Å². The van der Waals surface area contributed by atoms with E-state index in [4.69, 9.17) is 4.74 Å². The number of benzene rings is 1. The second-order valence-corrected chi connectivity index (χ2v) is 9.73. The molecule has 2 saturated heterocycles. The Morgan fingerprint density at radius 1 is 1.13 bits per heavy atom. The van der Waals surface area contributed by atoms with Gasteiger partial charge in [-0.3, -0.25) is 9.69 Å². The third-order valence-electron chi connectivity index (χ3n) is 7.79. The third-order valence-corrected chi connectivity index (χ3v) is 7.79. The lowest BCUT2D eigenvalue weighted by Crippen LogP contribution is -2.41. The highest BCUT2D eigenvalue weighted by Crippen LogP contribution is 2.47. The van der Waals surface area contributed by atoms with E-state index in [2.05, 4.69) is 51.2 Å². The highest BCUT2D eigenvalue weighted by Gasteiger charge is 2.53. The van der Waals surface area contributed by atoms with Gasteiger partial charge in [0.2, 0.25) is 11.8 Å². The number of carbonyl (C=O) groups is 1. The number of aryl methyl sites for hydroxylation is 1. The number of methoxy groups -OCH3 is 1. The highest BCUT2D eigenvalue weighted by molar-refractivity contribution is 5.80. The van der Waals surface area contributed by atoms with E-state index in [1.807, 2.05) is 6.07 Å². The molecule has 31 heavy (non-hydrogen) atoms. The molecule has 3 aliphatic rings. The summed E-state index contributed by atoms with van der Waals surface area (Å²) in [6.07, 6.45) is 7.39. The summed E-state index contributed by atoms with van der Waals surface area (Å²) in [6.45, 7) is 4.78. The Morgan fingerprint density at radius 2 is 1.97 bits per heavy atom. The first-order valence-electron chi connectivity index (χ1n) is 11.7. The fourth-order valence-electron chi connectivity index (χ4n) is 5.86. The maximum atomic E-state index is 13.0. The van der Waals surface area contributed by atoms with Crippen LogP contribution < -0.4 is 4.74 Å². The van der Waals surface area contributed by atoms with Crippen LogP contribution in [0.15, 0.2) is 48.7 Å². The van der Waals surface area contributed by atoms with Gasteiger partial charge in [0, 0.05) is 55.8 Å². The Labute approximate surface area is 185 Å². The fraction of sp³-hybridized carbons (Fsp3) is 0.538. The van der Waals surface area contributed by atoms with E-state index in [0.29, 0.717) is 17.7 Å². The second kappa shape index (κ2) is 8.62. The molecule has 0 unspecified atom stereocenters. The zero-order valence-corrected chi connectivity index (χ0v) is 18.5. The molecule has 5 rings (SSSR count). The molecule has 5 heteroatoms. The van der Waals surface area contributed by atoms with Gasteiger partial charge in [0.15, 0.2) is 0 Å². The van der Waals surface area contributed by atoms with Crippen molar-refractivity contribution in [2.45, 2.75) is 38.6 Å². The largest absolute Gasteiger partial charge is 0.481 e. The molecule has 3 fully saturated rings. The summed E-state index contributed by atoms with van der Waals surface area (Å²) < 4.78 is 5.48. The van der Waals surface area contributed by atoms with Crippen molar-refractivity contribution in [2.24, 2.45) is 17.3 Å². The van der Waals surface area contributed by atoms with Gasteiger partial charge in [-0.1, -0.05) is 42.8 Å². The molecule has 2 atom stereocenters. The normalized spacial score (nSPS) is 26.0. The molecule has 1 aliphatic carbocycles. The molecule has 1 saturated carbocycles. The second-order valence-electron chi connectivity index (χ2n) is 9.73. The van der Waals surface area contributed by atoms with Crippen LogP contribution in [0.1, 0.15) is 36.8 Å². The quantitative estimate of drug-likeness (QED) is 0.685. The van der Waals surface area contributed by atoms with E-state index in [0.717, 1.165) is 69.9 Å². The van der Waals surface area contributed by atoms with Crippen molar-refractivity contribution in [1.29, 1.82) is 0 Å². The van der Waals surface area contributed by atoms with E-state index >= 15 is 0 Å². The maximum Gasteiger partial charge on any atom is 0.225 e. The Balaban J connectivity index is 1.32. The number of pyridine rings is 1. The van der Waals surface area contributed by atoms with Gasteiger partial charge in [0.25, 0.3) is 0 Å². The van der Waals surface area contributed by atoms with Gasteiger partial charge in [-0.25, -0.2) is 4.98 Å². The lowest BCUT2D eigenvalue weighted by atomic mass is 9.76. The van der Waals surface area contributed by atoms with Crippen molar-refractivity contribution in [1.82, 2.24) is 14.8 Å². The lowest BCUT2D eigenvalue weighted by molar-refractivity contribution is -0.137. The van der Waals surface area contributed by atoms with Crippen LogP contribution in [0, 0.1) is 17.3 Å². The summed E-state index contributed by atoms with van der Waals surface area (Å²) in [7, 11) is 1.69. The summed E-state index contributed by atoms with van der Waals surface area (Å²) in [5.74, 6) is 1.98. The minimum Gasteiger partial charge on any atom is -0.481 e. The first-order valence-corrected chi connectivity index (χ1v) is 11.7. The summed E-state index contributed by atoms with van der Waals surface area (Å²) in [4.78, 5) is 22.2. The monoisotopic (exact) mass is 419 g/mol. The summed E-state index contributed by atoms with van der Waals surface area (Å²) >= 11 is 0. The number of ether oxygens (including phenoxy) is 1. The Morgan fingerprint density at radius 3 is 2.71 bits per heavy atom. The minimum absolute atomic E-state index is 0.185. The molecule has 3 heterocycles. The number of rotatable bonds is 7. The number of fused-ring (bicyclic) bond motifs is 1. The van der Waals surface area contributed by atoms with Crippen LogP contribution in [-0.2, 0) is 17.8 Å². The molecular weight excluding hydrogens is 386 g/mol. The van der Waals surface area contributed by atoms with Crippen molar-refractivity contribution < 1.29 is 9.53 Å². The van der Waals surface area contributed by atoms with Crippen LogP contribution in [0.4, 0.5) is 0 Å². The van der Waals surface area contributed by atoms with Crippen molar-refractivity contribution in [2.75, 3.05) is 33.3 Å². The van der Waals surface area contributed by atoms with Gasteiger partial charge in [-0.15, -0.1) is 0 Å². The summed E-state index contributed by atoms with van der Waals surface area (Å²) in [6, 6.07) is 14.9. The van der Waals surface area contributed by atoms with Crippen molar-refractivity contribution in [3.05, 3.63) is 59.8 Å². The molecule has 2 aliphatic heterocycles. The zero-order chi connectivity index (χ0) is 21.3. The molecule has 2 aromatic rings. The molecular formula is C26H33N3O2. The molecule has 1 aromatic carbocycles. The van der Waals surface area contributed by atoms with E-state index in [1.54, 1.807) is 13.3 Å². The van der Waals surface area contributed by atoms with Gasteiger partial charge < -0.3 is 9.64 Å². The summed E-state index contributed by atoms with van der Waals surface area (Å²) in [5.41, 5.74) is 2.72. The standard InChI is InChI=1S/C26H33N3O2/c1-31-24-22(11-6-14-27-24)15-28-16-23-17-29(25(30)21-9-5-10-21)19-26(23,18-28)13-12-20-7-3-2-4-8-20/h2-4,6-8,11,14,21,23H,5,9-10,12-13,15-19H2,1H3/t23-,26+/m0/s1. The molecule has 0 spiro atoms. The number of aromatic nitrogens is 1. The first kappa shape index (κ1) is 20.5. The van der Waals surface area contributed by atoms with E-state index in [9.17, 15) is 4.79 Å². The predicted octanol–water partition coefficient (Wildman–Crippen LogP) is 3.78. The average molecular weight is 420 g/mol. The van der Waals surface area contributed by atoms with Gasteiger partial charge >= 0.3 is 0 Å². The van der Waals surface area contributed by atoms with Crippen molar-refractivity contribution in [3.8, 4) is 5.88 Å². The van der Waals surface area contributed by atoms with Gasteiger partial charge in [0.1, 0.15) is 0 Å². The van der Waals surface area contributed by atoms with Crippen LogP contribution in [0.5, 0.6) is 5.88 Å². The van der Waals surface area contributed by atoms with Gasteiger partial charge in [0.05, 0.1) is 7.11 Å². The molecule has 5 nitrogen and oxygen atoms in total. The fourth-order valence-corrected chi connectivity index (χ4v) is 5.86. The van der Waals surface area contributed by atoms with Crippen LogP contribution >= 0.6 is 0 Å². The van der Waals surface area contributed by atoms with Crippen LogP contribution in [0.3, 0.4) is 0 Å². The molecule has 0 bridgehead atoms. The predicted molar refractivity (Wildman–Crippen MR) is 121 cm³/mol. The van der Waals surface area contributed by atoms with E-state index in [1.165, 1.54) is 12.0 Å². The molecule has 0 radical (unpaired) electrons. The Bertz CT molecular complexity index is 914. The number of hydrogen-bond donors (Lipinski definition) is 0. The van der Waals surface area contributed by atoms with E-state index < -0.39 is 0 Å². The highest BCUT2D eigenvalue weighted by atomic mass is 16.5. The van der Waals surface area contributed by atoms with Gasteiger partial charge in [-0.2, -0.15) is 0 Å². The molecule has 164 valence electrons. The number of nitrogens with zero attached hydrogens (tertiary/aromatic N) is 3. The van der Waals surface area contributed by atoms with Crippen LogP contribution in [-0.4, -0.2) is 54.0 Å². The lowest BCUT2D eigenvalue weighted by Gasteiger charge is -2.33. The summed E-state index contributed by atoms with van der Waals surface area (Å²) in [5, 5.41) is 0. The van der Waals surface area contributed by atoms with Crippen LogP contribution in [0.25, 0.3) is 0 Å². The number of amides is 1. The average Bonchev–Trinajstić information content (AvgIpc) is 3.26. The molecule has 1 aromatic heterocycles. The first-order chi connectivity index (χ1) is 15.2. The topological polar surface area (TPSA) is 45.7 Å². The SMILES string of the molecule is COc1ncccc1CN1C[C@H]2CN(C(=O)C3CCC3)C[C@@]2(CCc2ccccc2)C1. The Kier molecular flexibility index (Phi) is 5.70. The smallest absolute Gasteiger partial charge is 0.225 e. The Hall–Kier alpha value is -2.40. The number of carbonyl (C=O) groups excluding carboxylic acids is 1. The number of likely N-dealkylation sites (tertiary alicyclic amines) is 2. The third kappa shape index (κ3) is 4.08. The number of hydrogen-bond acceptors (Lipinski definition) is 4. The zero-order valence-electron chi connectivity index (χ0n) is 18.5. The minimum atomic E-state index is 0.185. The van der Waals surface area contributed by atoms with Crippen LogP contribution in [0.2, 0.25) is 0 Å². The maximum absolute atomic E-state index is 13.0. The van der Waals surface area contributed by atoms with E-state index in [-0.39, 0.29) is 5.41 Å². The molecule has 0 N–H and O–H groups in total. The van der Waals surface area contributed by atoms with Gasteiger partial charge in [-0.05, 0) is 43.2 Å². The van der Waals surface area contributed by atoms with Crippen molar-refractivity contribution >= 4 is 5.91 Å². The molecule has 1 amide bonds.